The number of sulfone groups is 1. The Morgan fingerprint density at radius 3 is 2.83 bits per heavy atom. The molecule has 0 saturated carbocycles. The number of nitrogens with zero attached hydrogens (tertiary/aromatic N) is 1. The highest BCUT2D eigenvalue weighted by Crippen LogP contribution is 2.21. The number of rotatable bonds is 2. The molecule has 2 rings (SSSR count). The first-order chi connectivity index (χ1) is 8.27. The van der Waals surface area contributed by atoms with E-state index in [4.69, 9.17) is 0 Å². The molecule has 104 valence electrons. The van der Waals surface area contributed by atoms with Crippen LogP contribution in [0.15, 0.2) is 0 Å². The summed E-state index contributed by atoms with van der Waals surface area (Å²) in [5.74, 6) is 0.0985. The van der Waals surface area contributed by atoms with Crippen LogP contribution in [0.4, 0.5) is 0 Å². The molecule has 2 unspecified atom stereocenters. The average Bonchev–Trinajstić information content (AvgIpc) is 2.57. The molecule has 2 aliphatic heterocycles. The third-order valence-corrected chi connectivity index (χ3v) is 5.26. The van der Waals surface area contributed by atoms with Crippen molar-refractivity contribution in [2.24, 2.45) is 0 Å². The zero-order valence-electron chi connectivity index (χ0n) is 10.6. The first-order valence-electron chi connectivity index (χ1n) is 6.21. The third kappa shape index (κ3) is 3.43. The maximum Gasteiger partial charge on any atom is 0.224 e. The van der Waals surface area contributed by atoms with Crippen LogP contribution in [-0.2, 0) is 14.6 Å². The van der Waals surface area contributed by atoms with Gasteiger partial charge in [-0.2, -0.15) is 0 Å². The van der Waals surface area contributed by atoms with E-state index in [0.717, 1.165) is 0 Å². The van der Waals surface area contributed by atoms with Crippen LogP contribution in [0.1, 0.15) is 19.8 Å². The van der Waals surface area contributed by atoms with Crippen LogP contribution in [0.5, 0.6) is 0 Å². The normalized spacial score (nSPS) is 35.7. The van der Waals surface area contributed by atoms with Crippen LogP contribution in [0.3, 0.4) is 0 Å². The molecule has 0 spiro atoms. The van der Waals surface area contributed by atoms with Gasteiger partial charge in [-0.1, -0.05) is 0 Å². The first kappa shape index (κ1) is 13.8. The molecular formula is C11H20N2O4S. The van der Waals surface area contributed by atoms with Crippen molar-refractivity contribution >= 4 is 15.7 Å². The second kappa shape index (κ2) is 4.79. The largest absolute Gasteiger partial charge is 0.388 e. The van der Waals surface area contributed by atoms with Gasteiger partial charge in [0.05, 0.1) is 17.1 Å². The molecule has 2 heterocycles. The zero-order chi connectivity index (χ0) is 13.4. The van der Waals surface area contributed by atoms with Crippen molar-refractivity contribution in [2.75, 3.05) is 31.1 Å². The maximum atomic E-state index is 12.0. The molecule has 6 nitrogen and oxygen atoms in total. The fourth-order valence-electron chi connectivity index (χ4n) is 2.50. The maximum absolute atomic E-state index is 12.0. The molecule has 0 aromatic rings. The Hall–Kier alpha value is -0.660. The Morgan fingerprint density at radius 1 is 1.56 bits per heavy atom. The van der Waals surface area contributed by atoms with E-state index in [-0.39, 0.29) is 29.9 Å². The first-order valence-corrected chi connectivity index (χ1v) is 8.04. The van der Waals surface area contributed by atoms with Gasteiger partial charge in [0.15, 0.2) is 9.84 Å². The van der Waals surface area contributed by atoms with Crippen LogP contribution in [0.25, 0.3) is 0 Å². The lowest BCUT2D eigenvalue weighted by Gasteiger charge is -2.26. The second-order valence-electron chi connectivity index (χ2n) is 5.53. The van der Waals surface area contributed by atoms with E-state index in [1.165, 1.54) is 0 Å². The molecule has 2 fully saturated rings. The summed E-state index contributed by atoms with van der Waals surface area (Å²) in [7, 11) is -3.01. The standard InChI is InChI=1S/C11H20N2O4S/c1-11(15)2-4-13(8-11)10(14)6-9-7-18(16,17)5-3-12-9/h9,12,15H,2-8H2,1H3. The Bertz CT molecular complexity index is 432. The van der Waals surface area contributed by atoms with Crippen molar-refractivity contribution < 1.29 is 18.3 Å². The lowest BCUT2D eigenvalue weighted by atomic mass is 10.1. The number of likely N-dealkylation sites (tertiary alicyclic amines) is 1. The smallest absolute Gasteiger partial charge is 0.224 e. The van der Waals surface area contributed by atoms with Gasteiger partial charge in [-0.05, 0) is 13.3 Å². The molecule has 2 saturated heterocycles. The minimum absolute atomic E-state index is 0.0307. The molecule has 2 atom stereocenters. The summed E-state index contributed by atoms with van der Waals surface area (Å²) in [5, 5.41) is 12.9. The van der Waals surface area contributed by atoms with Crippen LogP contribution in [0, 0.1) is 0 Å². The minimum Gasteiger partial charge on any atom is -0.388 e. The van der Waals surface area contributed by atoms with Gasteiger partial charge >= 0.3 is 0 Å². The van der Waals surface area contributed by atoms with Gasteiger partial charge in [0, 0.05) is 32.1 Å². The number of hydrogen-bond donors (Lipinski definition) is 2. The van der Waals surface area contributed by atoms with E-state index in [1.54, 1.807) is 11.8 Å². The highest BCUT2D eigenvalue weighted by atomic mass is 32.2. The van der Waals surface area contributed by atoms with Crippen molar-refractivity contribution in [2.45, 2.75) is 31.4 Å². The molecule has 1 amide bonds. The molecule has 0 aromatic heterocycles. The predicted octanol–water partition coefficient (Wildman–Crippen LogP) is -1.25. The number of hydrogen-bond acceptors (Lipinski definition) is 5. The zero-order valence-corrected chi connectivity index (χ0v) is 11.4. The number of aliphatic hydroxyl groups is 1. The highest BCUT2D eigenvalue weighted by Gasteiger charge is 2.35. The fraction of sp³-hybridized carbons (Fsp3) is 0.909. The third-order valence-electron chi connectivity index (χ3n) is 3.53. The monoisotopic (exact) mass is 276 g/mol. The van der Waals surface area contributed by atoms with Gasteiger partial charge in [-0.25, -0.2) is 8.42 Å². The van der Waals surface area contributed by atoms with E-state index >= 15 is 0 Å². The van der Waals surface area contributed by atoms with E-state index in [9.17, 15) is 18.3 Å². The Morgan fingerprint density at radius 2 is 2.28 bits per heavy atom. The number of amides is 1. The second-order valence-corrected chi connectivity index (χ2v) is 7.76. The number of carbonyl (C=O) groups excluding carboxylic acids is 1. The summed E-state index contributed by atoms with van der Waals surface area (Å²) in [5.41, 5.74) is -0.804. The van der Waals surface area contributed by atoms with Gasteiger partial charge in [0.1, 0.15) is 0 Å². The van der Waals surface area contributed by atoms with E-state index in [2.05, 4.69) is 5.32 Å². The Labute approximate surface area is 107 Å². The van der Waals surface area contributed by atoms with Crippen LogP contribution < -0.4 is 5.32 Å². The van der Waals surface area contributed by atoms with Gasteiger partial charge in [-0.3, -0.25) is 4.79 Å². The van der Waals surface area contributed by atoms with Crippen LogP contribution >= 0.6 is 0 Å². The predicted molar refractivity (Wildman–Crippen MR) is 66.9 cm³/mol. The lowest BCUT2D eigenvalue weighted by Crippen LogP contribution is -2.48. The van der Waals surface area contributed by atoms with Gasteiger partial charge in [0.25, 0.3) is 0 Å². The molecule has 2 N–H and O–H groups in total. The summed E-state index contributed by atoms with van der Waals surface area (Å²) in [6, 6.07) is -0.290. The molecule has 7 heteroatoms. The molecule has 2 aliphatic rings. The average molecular weight is 276 g/mol. The van der Waals surface area contributed by atoms with Crippen molar-refractivity contribution in [1.82, 2.24) is 10.2 Å². The minimum atomic E-state index is -3.01. The number of β-amino-alcohol motifs (C(OH)–C–C–N with tert-alkyl or cyclic N) is 1. The van der Waals surface area contributed by atoms with E-state index in [1.807, 2.05) is 0 Å². The fourth-order valence-corrected chi connectivity index (χ4v) is 3.94. The topological polar surface area (TPSA) is 86.7 Å². The number of nitrogens with one attached hydrogen (secondary N) is 1. The summed E-state index contributed by atoms with van der Waals surface area (Å²) in [6.45, 7) is 3.01. The van der Waals surface area contributed by atoms with Crippen LogP contribution in [-0.4, -0.2) is 67.1 Å². The Kier molecular flexibility index (Phi) is 3.66. The molecule has 0 radical (unpaired) electrons. The molecule has 0 bridgehead atoms. The van der Waals surface area contributed by atoms with Crippen LogP contribution in [0.2, 0.25) is 0 Å². The summed E-state index contributed by atoms with van der Waals surface area (Å²) >= 11 is 0. The van der Waals surface area contributed by atoms with E-state index < -0.39 is 15.4 Å². The quantitative estimate of drug-likeness (QED) is 0.658. The number of carbonyl (C=O) groups is 1. The summed E-state index contributed by atoms with van der Waals surface area (Å²) in [4.78, 5) is 13.6. The summed E-state index contributed by atoms with van der Waals surface area (Å²) < 4.78 is 22.9. The van der Waals surface area contributed by atoms with Crippen molar-refractivity contribution in [3.63, 3.8) is 0 Å². The molecule has 18 heavy (non-hydrogen) atoms. The van der Waals surface area contributed by atoms with Crippen molar-refractivity contribution in [1.29, 1.82) is 0 Å². The highest BCUT2D eigenvalue weighted by molar-refractivity contribution is 7.91. The van der Waals surface area contributed by atoms with Gasteiger partial charge in [-0.15, -0.1) is 0 Å². The molecule has 0 aromatic carbocycles. The lowest BCUT2D eigenvalue weighted by molar-refractivity contribution is -0.131. The SMILES string of the molecule is CC1(O)CCN(C(=O)CC2CS(=O)(=O)CCN2)C1. The van der Waals surface area contributed by atoms with Crippen molar-refractivity contribution in [3.05, 3.63) is 0 Å². The van der Waals surface area contributed by atoms with Gasteiger partial charge in [0.2, 0.25) is 5.91 Å². The molecule has 0 aliphatic carbocycles. The molecular weight excluding hydrogens is 256 g/mol. The summed E-state index contributed by atoms with van der Waals surface area (Å²) in [6.07, 6.45) is 0.768. The van der Waals surface area contributed by atoms with E-state index in [0.29, 0.717) is 26.1 Å². The van der Waals surface area contributed by atoms with Crippen molar-refractivity contribution in [3.8, 4) is 0 Å². The Balaban J connectivity index is 1.88. The van der Waals surface area contributed by atoms with Gasteiger partial charge < -0.3 is 15.3 Å².